The van der Waals surface area contributed by atoms with Gasteiger partial charge in [-0.05, 0) is 61.0 Å². The Kier molecular flexibility index (Phi) is 7.75. The summed E-state index contributed by atoms with van der Waals surface area (Å²) in [7, 11) is 0. The Bertz CT molecular complexity index is 395. The molecule has 1 atom stereocenters. The van der Waals surface area contributed by atoms with Crippen LogP contribution >= 0.6 is 15.9 Å². The second-order valence-corrected chi connectivity index (χ2v) is 8.12. The quantitative estimate of drug-likeness (QED) is 0.698. The molecule has 0 radical (unpaired) electrons. The van der Waals surface area contributed by atoms with Gasteiger partial charge in [-0.3, -0.25) is 0 Å². The summed E-state index contributed by atoms with van der Waals surface area (Å²) in [5, 5.41) is 3.59. The highest BCUT2D eigenvalue weighted by molar-refractivity contribution is 9.10. The first-order valence-electron chi connectivity index (χ1n) is 7.88. The van der Waals surface area contributed by atoms with Crippen LogP contribution in [0.4, 0.5) is 0 Å². The molecule has 0 bridgehead atoms. The Morgan fingerprint density at radius 1 is 1.10 bits per heavy atom. The average Bonchev–Trinajstić information content (AvgIpc) is 2.37. The number of nitrogens with one attached hydrogen (secondary N) is 1. The smallest absolute Gasteiger partial charge is 0.119 e. The zero-order chi connectivity index (χ0) is 15.9. The number of benzene rings is 1. The first-order chi connectivity index (χ1) is 9.79. The van der Waals surface area contributed by atoms with Gasteiger partial charge in [0.1, 0.15) is 5.75 Å². The Hall–Kier alpha value is -0.540. The van der Waals surface area contributed by atoms with E-state index in [1.54, 1.807) is 0 Å². The number of hydrogen-bond acceptors (Lipinski definition) is 2. The largest absolute Gasteiger partial charge is 0.494 e. The molecule has 3 heteroatoms. The van der Waals surface area contributed by atoms with Crippen molar-refractivity contribution in [3.8, 4) is 5.75 Å². The van der Waals surface area contributed by atoms with Crippen molar-refractivity contribution in [3.05, 3.63) is 28.7 Å². The minimum absolute atomic E-state index is 0.299. The molecule has 0 saturated heterocycles. The van der Waals surface area contributed by atoms with Gasteiger partial charge in [0.2, 0.25) is 0 Å². The molecular formula is C18H30BrNO. The molecule has 120 valence electrons. The van der Waals surface area contributed by atoms with Crippen molar-refractivity contribution in [3.63, 3.8) is 0 Å². The van der Waals surface area contributed by atoms with Crippen molar-refractivity contribution in [2.24, 2.45) is 17.3 Å². The maximum atomic E-state index is 5.87. The minimum atomic E-state index is 0.299. The monoisotopic (exact) mass is 355 g/mol. The molecule has 1 aromatic carbocycles. The summed E-state index contributed by atoms with van der Waals surface area (Å²) in [6.45, 7) is 14.3. The predicted octanol–water partition coefficient (Wildman–Crippen LogP) is 5.13. The first-order valence-corrected chi connectivity index (χ1v) is 8.67. The standard InChI is InChI=1S/C18H30BrNO/c1-14(2)12-20-13-15(18(3,4)5)10-11-21-17-8-6-16(19)7-9-17/h6-9,14-15,20H,10-13H2,1-5H3. The third-order valence-corrected chi connectivity index (χ3v) is 4.25. The van der Waals surface area contributed by atoms with Gasteiger partial charge in [0.25, 0.3) is 0 Å². The van der Waals surface area contributed by atoms with Gasteiger partial charge in [0.15, 0.2) is 0 Å². The zero-order valence-corrected chi connectivity index (χ0v) is 15.7. The molecule has 0 aromatic heterocycles. The van der Waals surface area contributed by atoms with Gasteiger partial charge in [0.05, 0.1) is 6.61 Å². The van der Waals surface area contributed by atoms with Crippen molar-refractivity contribution in [2.75, 3.05) is 19.7 Å². The topological polar surface area (TPSA) is 21.3 Å². The summed E-state index contributed by atoms with van der Waals surface area (Å²) in [6.07, 6.45) is 1.07. The van der Waals surface area contributed by atoms with Crippen LogP contribution in [0.3, 0.4) is 0 Å². The number of rotatable bonds is 8. The van der Waals surface area contributed by atoms with Gasteiger partial charge < -0.3 is 10.1 Å². The molecule has 1 aromatic rings. The fraction of sp³-hybridized carbons (Fsp3) is 0.667. The van der Waals surface area contributed by atoms with E-state index >= 15 is 0 Å². The fourth-order valence-corrected chi connectivity index (χ4v) is 2.50. The summed E-state index contributed by atoms with van der Waals surface area (Å²) in [5.41, 5.74) is 0.299. The Morgan fingerprint density at radius 3 is 2.24 bits per heavy atom. The van der Waals surface area contributed by atoms with Crippen molar-refractivity contribution in [1.29, 1.82) is 0 Å². The van der Waals surface area contributed by atoms with E-state index in [1.807, 2.05) is 24.3 Å². The van der Waals surface area contributed by atoms with Crippen LogP contribution in [0.1, 0.15) is 41.0 Å². The molecule has 0 amide bonds. The summed E-state index contributed by atoms with van der Waals surface area (Å²) in [5.74, 6) is 2.26. The van der Waals surface area contributed by atoms with Crippen LogP contribution in [0.15, 0.2) is 28.7 Å². The van der Waals surface area contributed by atoms with E-state index < -0.39 is 0 Å². The van der Waals surface area contributed by atoms with E-state index in [0.29, 0.717) is 17.3 Å². The average molecular weight is 356 g/mol. The first kappa shape index (κ1) is 18.5. The third kappa shape index (κ3) is 7.87. The number of ether oxygens (including phenoxy) is 1. The Morgan fingerprint density at radius 2 is 1.71 bits per heavy atom. The van der Waals surface area contributed by atoms with Crippen molar-refractivity contribution >= 4 is 15.9 Å². The zero-order valence-electron chi connectivity index (χ0n) is 14.1. The highest BCUT2D eigenvalue weighted by Crippen LogP contribution is 2.28. The summed E-state index contributed by atoms with van der Waals surface area (Å²) in [4.78, 5) is 0. The summed E-state index contributed by atoms with van der Waals surface area (Å²) < 4.78 is 6.95. The molecule has 1 unspecified atom stereocenters. The van der Waals surface area contributed by atoms with Gasteiger partial charge in [-0.25, -0.2) is 0 Å². The second-order valence-electron chi connectivity index (χ2n) is 7.21. The molecule has 0 saturated carbocycles. The highest BCUT2D eigenvalue weighted by atomic mass is 79.9. The van der Waals surface area contributed by atoms with Crippen LogP contribution in [0.2, 0.25) is 0 Å². The summed E-state index contributed by atoms with van der Waals surface area (Å²) >= 11 is 3.44. The van der Waals surface area contributed by atoms with Crippen LogP contribution in [-0.4, -0.2) is 19.7 Å². The molecule has 2 nitrogen and oxygen atoms in total. The van der Waals surface area contributed by atoms with E-state index in [0.717, 1.165) is 36.3 Å². The van der Waals surface area contributed by atoms with Crippen molar-refractivity contribution < 1.29 is 4.74 Å². The molecule has 0 aliphatic carbocycles. The van der Waals surface area contributed by atoms with E-state index in [2.05, 4.69) is 55.9 Å². The van der Waals surface area contributed by atoms with E-state index in [4.69, 9.17) is 4.74 Å². The van der Waals surface area contributed by atoms with Crippen LogP contribution in [0.25, 0.3) is 0 Å². The molecule has 0 aliphatic rings. The van der Waals surface area contributed by atoms with Crippen LogP contribution < -0.4 is 10.1 Å². The van der Waals surface area contributed by atoms with Gasteiger partial charge in [0, 0.05) is 4.47 Å². The lowest BCUT2D eigenvalue weighted by Crippen LogP contribution is -2.34. The SMILES string of the molecule is CC(C)CNCC(CCOc1ccc(Br)cc1)C(C)(C)C. The predicted molar refractivity (Wildman–Crippen MR) is 94.9 cm³/mol. The molecule has 1 N–H and O–H groups in total. The summed E-state index contributed by atoms with van der Waals surface area (Å²) in [6, 6.07) is 8.04. The lowest BCUT2D eigenvalue weighted by atomic mass is 9.79. The van der Waals surface area contributed by atoms with E-state index in [9.17, 15) is 0 Å². The Labute approximate surface area is 138 Å². The van der Waals surface area contributed by atoms with Crippen molar-refractivity contribution in [1.82, 2.24) is 5.32 Å². The number of halogens is 1. The lowest BCUT2D eigenvalue weighted by molar-refractivity contribution is 0.178. The van der Waals surface area contributed by atoms with Crippen molar-refractivity contribution in [2.45, 2.75) is 41.0 Å². The second kappa shape index (κ2) is 8.79. The Balaban J connectivity index is 2.40. The van der Waals surface area contributed by atoms with Gasteiger partial charge in [-0.1, -0.05) is 50.5 Å². The molecule has 0 fully saturated rings. The fourth-order valence-electron chi connectivity index (χ4n) is 2.24. The highest BCUT2D eigenvalue weighted by Gasteiger charge is 2.24. The van der Waals surface area contributed by atoms with Crippen LogP contribution in [-0.2, 0) is 0 Å². The molecule has 1 rings (SSSR count). The van der Waals surface area contributed by atoms with Crippen LogP contribution in [0, 0.1) is 17.3 Å². The molecule has 0 spiro atoms. The van der Waals surface area contributed by atoms with Crippen LogP contribution in [0.5, 0.6) is 5.75 Å². The minimum Gasteiger partial charge on any atom is -0.494 e. The molecular weight excluding hydrogens is 326 g/mol. The van der Waals surface area contributed by atoms with Gasteiger partial charge in [-0.2, -0.15) is 0 Å². The normalized spacial score (nSPS) is 13.5. The van der Waals surface area contributed by atoms with E-state index in [1.165, 1.54) is 0 Å². The maximum absolute atomic E-state index is 5.87. The third-order valence-electron chi connectivity index (χ3n) is 3.72. The maximum Gasteiger partial charge on any atom is 0.119 e. The van der Waals surface area contributed by atoms with Gasteiger partial charge >= 0.3 is 0 Å². The lowest BCUT2D eigenvalue weighted by Gasteiger charge is -2.31. The van der Waals surface area contributed by atoms with E-state index in [-0.39, 0.29) is 0 Å². The van der Waals surface area contributed by atoms with Gasteiger partial charge in [-0.15, -0.1) is 0 Å². The number of hydrogen-bond donors (Lipinski definition) is 1. The molecule has 21 heavy (non-hydrogen) atoms. The molecule has 0 aliphatic heterocycles. The molecule has 0 heterocycles.